The first kappa shape index (κ1) is 58.6. The van der Waals surface area contributed by atoms with Crippen LogP contribution in [0.15, 0.2) is 0 Å². The minimum atomic E-state index is -6.17. The maximum absolute atomic E-state index is 8.58. The minimum absolute atomic E-state index is 0.774. The molecule has 0 spiro atoms. The summed E-state index contributed by atoms with van der Waals surface area (Å²) in [6, 6.07) is 0. The molecule has 0 aromatic heterocycles. The first-order valence-corrected chi connectivity index (χ1v) is 42.4. The van der Waals surface area contributed by atoms with Gasteiger partial charge in [0, 0.05) is 0 Å². The van der Waals surface area contributed by atoms with Crippen LogP contribution in [0.4, 0.5) is 0 Å². The van der Waals surface area contributed by atoms with Gasteiger partial charge >= 0.3 is 349 Å². The van der Waals surface area contributed by atoms with E-state index >= 15 is 0 Å². The van der Waals surface area contributed by atoms with Gasteiger partial charge in [-0.15, -0.1) is 0 Å². The van der Waals surface area contributed by atoms with Crippen LogP contribution >= 0.6 is 0 Å². The van der Waals surface area contributed by atoms with E-state index in [0.717, 1.165) is 29.8 Å². The zero-order valence-corrected chi connectivity index (χ0v) is 45.3. The van der Waals surface area contributed by atoms with Crippen LogP contribution in [0.2, 0.25) is 39.9 Å². The van der Waals surface area contributed by atoms with Crippen LogP contribution in [-0.4, -0.2) is 59.3 Å². The number of nitriles is 6. The second-order valence-corrected chi connectivity index (χ2v) is 48.6. The van der Waals surface area contributed by atoms with Gasteiger partial charge in [0.05, 0.1) is 0 Å². The number of nitrogens with zero attached hydrogens (tertiary/aromatic N) is 6. The zero-order chi connectivity index (χ0) is 40.5. The molecular formula is C42H81FeN6Sn3. The quantitative estimate of drug-likeness (QED) is 0.0592. The molecule has 0 bridgehead atoms. The van der Waals surface area contributed by atoms with Crippen molar-refractivity contribution < 1.29 is 10.7 Å². The molecule has 0 radical (unpaired) electrons. The summed E-state index contributed by atoms with van der Waals surface area (Å²) in [7, 11) is -6.17. The molecule has 0 saturated heterocycles. The Morgan fingerprint density at radius 2 is 0.462 bits per heavy atom. The van der Waals surface area contributed by atoms with Crippen LogP contribution in [0, 0.1) is 61.4 Å². The third kappa shape index (κ3) is 27.4. The molecule has 6 nitrogen and oxygen atoms in total. The second kappa shape index (κ2) is 39.1. The molecule has 0 aliphatic heterocycles. The summed E-state index contributed by atoms with van der Waals surface area (Å²) < 4.78 is 14.5. The van der Waals surface area contributed by atoms with Crippen molar-refractivity contribution in [1.82, 2.24) is 0 Å². The number of hydrogen-bond acceptors (Lipinski definition) is 6. The molecule has 0 amide bonds. The zero-order valence-electron chi connectivity index (χ0n) is 35.6. The standard InChI is InChI=1S/3C8H17.6C2H5.6CN.Fe.3Sn/c3*1-3-5-7-8-6-4-2;12*1-2;;;;/h3*1,3-8H2,2H3;6*1H2,2H3;;;;;;;;;;/q;;;;;;;;;;;;;;;-3;3*+1. The molecular weight excluding hydrogens is 1000 g/mol. The predicted molar refractivity (Wildman–Crippen MR) is 228 cm³/mol. The summed E-state index contributed by atoms with van der Waals surface area (Å²) >= 11 is -2.32. The van der Waals surface area contributed by atoms with Crippen LogP contribution in [0.25, 0.3) is 0 Å². The van der Waals surface area contributed by atoms with Gasteiger partial charge in [0.25, 0.3) is 0 Å². The normalized spacial score (nSPS) is 11.1. The number of hydrogen-bond donors (Lipinski definition) is 0. The molecule has 0 N–H and O–H groups in total. The molecule has 52 heavy (non-hydrogen) atoms. The molecule has 0 unspecified atom stereocenters. The molecule has 299 valence electrons. The molecule has 0 aliphatic rings. The van der Waals surface area contributed by atoms with E-state index in [4.69, 9.17) is 31.6 Å². The monoisotopic (exact) mass is 1090 g/mol. The van der Waals surface area contributed by atoms with E-state index in [1.165, 1.54) is 96.3 Å². The van der Waals surface area contributed by atoms with Gasteiger partial charge in [-0.25, -0.2) is 0 Å². The van der Waals surface area contributed by atoms with Crippen LogP contribution in [0.3, 0.4) is 0 Å². The van der Waals surface area contributed by atoms with Gasteiger partial charge in [0.1, 0.15) is 0 Å². The summed E-state index contributed by atoms with van der Waals surface area (Å²) in [5.41, 5.74) is 0. The van der Waals surface area contributed by atoms with Gasteiger partial charge in [-0.1, -0.05) is 0 Å². The molecule has 0 aliphatic carbocycles. The summed E-state index contributed by atoms with van der Waals surface area (Å²) in [5, 5.41) is 51.5. The van der Waals surface area contributed by atoms with E-state index < -0.39 is 70.0 Å². The molecule has 0 saturated carbocycles. The molecule has 0 heterocycles. The predicted octanol–water partition coefficient (Wildman–Crippen LogP) is 14.7. The van der Waals surface area contributed by atoms with Crippen molar-refractivity contribution in [3.05, 3.63) is 0 Å². The number of unbranched alkanes of at least 4 members (excludes halogenated alkanes) is 15. The Morgan fingerprint density at radius 1 is 0.288 bits per heavy atom. The Hall–Kier alpha value is -0.144. The fraction of sp³-hybridized carbons (Fsp3) is 0.857. The van der Waals surface area contributed by atoms with Gasteiger partial charge in [0.15, 0.2) is 0 Å². The van der Waals surface area contributed by atoms with Crippen molar-refractivity contribution in [3.8, 4) is 29.8 Å². The summed E-state index contributed by atoms with van der Waals surface area (Å²) in [6.45, 7) is 21.3. The van der Waals surface area contributed by atoms with Crippen LogP contribution in [0.1, 0.15) is 178 Å². The average molecular weight is 1080 g/mol. The van der Waals surface area contributed by atoms with Crippen molar-refractivity contribution in [3.63, 3.8) is 0 Å². The SMILES string of the molecule is CCCCCCC[CH2][Sn+]([CH2]C)[CH2]C.CCCCCCC[CH2][Sn+]([CH2]C)[CH2]C.CCCCCCC[CH2][Sn+]([CH2]C)[CH2]C.N#[C][Fe-3]([C]#N)([C]#N)([C]#N)([C]#N)[C]#N. The third-order valence-corrected chi connectivity index (χ3v) is 39.7. The van der Waals surface area contributed by atoms with Crippen molar-refractivity contribution in [2.24, 2.45) is 0 Å². The first-order valence-electron chi connectivity index (χ1n) is 20.9. The molecule has 10 heteroatoms. The van der Waals surface area contributed by atoms with Gasteiger partial charge in [-0.2, -0.15) is 0 Å². The van der Waals surface area contributed by atoms with E-state index in [1.807, 2.05) is 0 Å². The fourth-order valence-corrected chi connectivity index (χ4v) is 23.1. The van der Waals surface area contributed by atoms with Crippen LogP contribution in [-0.2, 0) is 10.7 Å². The van der Waals surface area contributed by atoms with Gasteiger partial charge in [-0.05, 0) is 0 Å². The van der Waals surface area contributed by atoms with E-state index in [-0.39, 0.29) is 0 Å². The Balaban J connectivity index is -0.000000295. The van der Waals surface area contributed by atoms with Gasteiger partial charge < -0.3 is 0 Å². The van der Waals surface area contributed by atoms with Crippen LogP contribution in [0.5, 0.6) is 0 Å². The Labute approximate surface area is 345 Å². The van der Waals surface area contributed by atoms with Gasteiger partial charge in [-0.3, -0.25) is 0 Å². The van der Waals surface area contributed by atoms with Crippen molar-refractivity contribution >= 4 is 59.3 Å². The molecule has 0 fully saturated rings. The Kier molecular flexibility index (Phi) is 44.0. The van der Waals surface area contributed by atoms with E-state index in [1.54, 1.807) is 59.2 Å². The van der Waals surface area contributed by atoms with Crippen molar-refractivity contribution in [2.75, 3.05) is 0 Å². The summed E-state index contributed by atoms with van der Waals surface area (Å²) in [5.74, 6) is 0. The average Bonchev–Trinajstić information content (AvgIpc) is 3.20. The molecule has 0 aromatic rings. The molecule has 0 aromatic carbocycles. The molecule has 0 rings (SSSR count). The van der Waals surface area contributed by atoms with E-state index in [0.29, 0.717) is 0 Å². The van der Waals surface area contributed by atoms with Crippen LogP contribution < -0.4 is 0 Å². The van der Waals surface area contributed by atoms with E-state index in [2.05, 4.69) is 62.3 Å². The topological polar surface area (TPSA) is 143 Å². The first-order chi connectivity index (χ1) is 25.0. The van der Waals surface area contributed by atoms with E-state index in [9.17, 15) is 0 Å². The number of rotatable bonds is 27. The molecule has 0 atom stereocenters. The Bertz CT molecular complexity index is 893. The third-order valence-electron chi connectivity index (χ3n) is 9.84. The van der Waals surface area contributed by atoms with Crippen molar-refractivity contribution in [2.45, 2.75) is 218 Å². The van der Waals surface area contributed by atoms with Gasteiger partial charge in [0.2, 0.25) is 0 Å². The summed E-state index contributed by atoms with van der Waals surface area (Å²) in [6.07, 6.45) is 26.6. The fourth-order valence-electron chi connectivity index (χ4n) is 5.54. The van der Waals surface area contributed by atoms with Crippen molar-refractivity contribution in [1.29, 1.82) is 31.6 Å². The second-order valence-electron chi connectivity index (χ2n) is 13.7. The maximum atomic E-state index is 8.58. The Morgan fingerprint density at radius 3 is 0.596 bits per heavy atom. The summed E-state index contributed by atoms with van der Waals surface area (Å²) in [4.78, 5) is 6.19.